The van der Waals surface area contributed by atoms with Gasteiger partial charge in [-0.25, -0.2) is 0 Å². The molecule has 0 atom stereocenters. The average molecular weight is 366 g/mol. The van der Waals surface area contributed by atoms with Crippen molar-refractivity contribution in [3.8, 4) is 0 Å². The second-order valence-electron chi connectivity index (χ2n) is 8.39. The largest absolute Gasteiger partial charge is 0.353 e. The van der Waals surface area contributed by atoms with E-state index in [-0.39, 0.29) is 11.8 Å². The Labute approximate surface area is 159 Å². The second kappa shape index (κ2) is 10.3. The zero-order valence-corrected chi connectivity index (χ0v) is 17.2. The summed E-state index contributed by atoms with van der Waals surface area (Å²) in [5.74, 6) is 0.364. The molecule has 150 valence electrons. The van der Waals surface area contributed by atoms with Crippen LogP contribution in [0.15, 0.2) is 0 Å². The molecule has 0 aromatic heterocycles. The van der Waals surface area contributed by atoms with Crippen LogP contribution in [0.4, 0.5) is 0 Å². The summed E-state index contributed by atoms with van der Waals surface area (Å²) in [4.78, 5) is 26.0. The van der Waals surface area contributed by atoms with Crippen LogP contribution in [0.2, 0.25) is 0 Å². The molecule has 0 aromatic carbocycles. The monoisotopic (exact) mass is 365 g/mol. The van der Waals surface area contributed by atoms with E-state index in [9.17, 15) is 9.59 Å². The first kappa shape index (κ1) is 21.2. The van der Waals surface area contributed by atoms with E-state index in [4.69, 9.17) is 0 Å². The molecule has 0 radical (unpaired) electrons. The van der Waals surface area contributed by atoms with E-state index in [1.807, 2.05) is 13.8 Å². The van der Waals surface area contributed by atoms with Crippen molar-refractivity contribution in [2.45, 2.75) is 122 Å². The van der Waals surface area contributed by atoms with Gasteiger partial charge in [-0.2, -0.15) is 0 Å². The Hall–Kier alpha value is -1.10. The molecule has 5 heteroatoms. The zero-order valence-electron chi connectivity index (χ0n) is 17.2. The fourth-order valence-corrected chi connectivity index (χ4v) is 4.84. The third-order valence-corrected chi connectivity index (χ3v) is 6.21. The van der Waals surface area contributed by atoms with Gasteiger partial charge in [0.15, 0.2) is 0 Å². The van der Waals surface area contributed by atoms with Gasteiger partial charge in [-0.1, -0.05) is 13.8 Å². The van der Waals surface area contributed by atoms with Gasteiger partial charge in [-0.05, 0) is 65.2 Å². The number of hydrogen-bond acceptors (Lipinski definition) is 3. The standard InChI is InChI=1S/C21H39N3O2/c1-5-20(25)22-16-7-11-18(12-8-16)24(15(3)4)19-13-9-17(10-14-19)23-21(26)6-2/h15-19H,5-14H2,1-4H3,(H,22,25)(H,23,26). The first-order chi connectivity index (χ1) is 12.4. The van der Waals surface area contributed by atoms with E-state index in [1.165, 1.54) is 25.7 Å². The van der Waals surface area contributed by atoms with E-state index < -0.39 is 0 Å². The lowest BCUT2D eigenvalue weighted by atomic mass is 9.84. The molecule has 0 spiro atoms. The highest BCUT2D eigenvalue weighted by atomic mass is 16.2. The van der Waals surface area contributed by atoms with Crippen molar-refractivity contribution in [1.29, 1.82) is 0 Å². The van der Waals surface area contributed by atoms with Gasteiger partial charge < -0.3 is 10.6 Å². The molecular weight excluding hydrogens is 326 g/mol. The number of amides is 2. The van der Waals surface area contributed by atoms with Crippen LogP contribution in [0, 0.1) is 0 Å². The molecule has 0 aliphatic heterocycles. The molecule has 2 aliphatic carbocycles. The third kappa shape index (κ3) is 5.97. The van der Waals surface area contributed by atoms with Gasteiger partial charge in [0.05, 0.1) is 0 Å². The van der Waals surface area contributed by atoms with E-state index in [2.05, 4.69) is 29.4 Å². The highest BCUT2D eigenvalue weighted by Gasteiger charge is 2.34. The minimum absolute atomic E-state index is 0.182. The van der Waals surface area contributed by atoms with Crippen molar-refractivity contribution in [3.63, 3.8) is 0 Å². The number of carbonyl (C=O) groups is 2. The molecule has 26 heavy (non-hydrogen) atoms. The number of rotatable bonds is 7. The van der Waals surface area contributed by atoms with Gasteiger partial charge in [-0.15, -0.1) is 0 Å². The maximum Gasteiger partial charge on any atom is 0.219 e. The van der Waals surface area contributed by atoms with Gasteiger partial charge in [0, 0.05) is 43.1 Å². The zero-order chi connectivity index (χ0) is 19.1. The Morgan fingerprint density at radius 2 is 1.12 bits per heavy atom. The van der Waals surface area contributed by atoms with Crippen molar-refractivity contribution < 1.29 is 9.59 Å². The molecule has 5 nitrogen and oxygen atoms in total. The average Bonchev–Trinajstić information content (AvgIpc) is 2.64. The van der Waals surface area contributed by atoms with E-state index >= 15 is 0 Å². The van der Waals surface area contributed by atoms with Crippen LogP contribution in [-0.2, 0) is 9.59 Å². The number of hydrogen-bond donors (Lipinski definition) is 2. The van der Waals surface area contributed by atoms with Crippen molar-refractivity contribution in [2.24, 2.45) is 0 Å². The predicted octanol–water partition coefficient (Wildman–Crippen LogP) is 3.37. The molecule has 2 N–H and O–H groups in total. The fraction of sp³-hybridized carbons (Fsp3) is 0.905. The lowest BCUT2D eigenvalue weighted by molar-refractivity contribution is -0.122. The number of nitrogens with zero attached hydrogens (tertiary/aromatic N) is 1. The fourth-order valence-electron chi connectivity index (χ4n) is 4.84. The Morgan fingerprint density at radius 1 is 0.769 bits per heavy atom. The quantitative estimate of drug-likeness (QED) is 0.727. The summed E-state index contributed by atoms with van der Waals surface area (Å²) in [6.07, 6.45) is 10.3. The molecule has 2 fully saturated rings. The summed E-state index contributed by atoms with van der Waals surface area (Å²) in [7, 11) is 0. The maximum atomic E-state index is 11.6. The van der Waals surface area contributed by atoms with Crippen LogP contribution >= 0.6 is 0 Å². The van der Waals surface area contributed by atoms with Gasteiger partial charge in [0.1, 0.15) is 0 Å². The van der Waals surface area contributed by atoms with Crippen molar-refractivity contribution >= 4 is 11.8 Å². The molecule has 0 heterocycles. The lowest BCUT2D eigenvalue weighted by Crippen LogP contribution is -2.52. The smallest absolute Gasteiger partial charge is 0.219 e. The van der Waals surface area contributed by atoms with Crippen molar-refractivity contribution in [1.82, 2.24) is 15.5 Å². The predicted molar refractivity (Wildman–Crippen MR) is 106 cm³/mol. The van der Waals surface area contributed by atoms with Crippen molar-refractivity contribution in [3.05, 3.63) is 0 Å². The van der Waals surface area contributed by atoms with Crippen LogP contribution in [-0.4, -0.2) is 46.9 Å². The van der Waals surface area contributed by atoms with Gasteiger partial charge in [-0.3, -0.25) is 14.5 Å². The van der Waals surface area contributed by atoms with Crippen LogP contribution in [0.3, 0.4) is 0 Å². The molecule has 2 amide bonds. The molecule has 0 aromatic rings. The van der Waals surface area contributed by atoms with E-state index in [0.717, 1.165) is 25.7 Å². The topological polar surface area (TPSA) is 61.4 Å². The highest BCUT2D eigenvalue weighted by molar-refractivity contribution is 5.76. The third-order valence-electron chi connectivity index (χ3n) is 6.21. The normalized spacial score (nSPS) is 29.6. The van der Waals surface area contributed by atoms with Gasteiger partial charge in [0.25, 0.3) is 0 Å². The minimum Gasteiger partial charge on any atom is -0.353 e. The minimum atomic E-state index is 0.182. The number of nitrogens with one attached hydrogen (secondary N) is 2. The first-order valence-corrected chi connectivity index (χ1v) is 10.8. The first-order valence-electron chi connectivity index (χ1n) is 10.8. The SMILES string of the molecule is CCC(=O)NC1CCC(N(C(C)C)C2CCC(NC(=O)CC)CC2)CC1. The Bertz CT molecular complexity index is 412. The molecule has 2 aliphatic rings. The molecule has 0 saturated heterocycles. The molecule has 0 unspecified atom stereocenters. The Morgan fingerprint density at radius 3 is 1.38 bits per heavy atom. The second-order valence-corrected chi connectivity index (χ2v) is 8.39. The Balaban J connectivity index is 1.84. The van der Waals surface area contributed by atoms with Crippen molar-refractivity contribution in [2.75, 3.05) is 0 Å². The molecule has 2 saturated carbocycles. The van der Waals surface area contributed by atoms with Crippen LogP contribution < -0.4 is 10.6 Å². The van der Waals surface area contributed by atoms with E-state index in [0.29, 0.717) is 43.1 Å². The van der Waals surface area contributed by atoms with Gasteiger partial charge >= 0.3 is 0 Å². The molecular formula is C21H39N3O2. The maximum absolute atomic E-state index is 11.6. The van der Waals surface area contributed by atoms with E-state index in [1.54, 1.807) is 0 Å². The van der Waals surface area contributed by atoms with Gasteiger partial charge in [0.2, 0.25) is 11.8 Å². The lowest BCUT2D eigenvalue weighted by Gasteiger charge is -2.46. The summed E-state index contributed by atoms with van der Waals surface area (Å²) in [5.41, 5.74) is 0. The summed E-state index contributed by atoms with van der Waals surface area (Å²) in [5, 5.41) is 6.34. The van der Waals surface area contributed by atoms with Crippen LogP contribution in [0.1, 0.15) is 91.9 Å². The number of carbonyl (C=O) groups excluding carboxylic acids is 2. The van der Waals surface area contributed by atoms with Crippen LogP contribution in [0.5, 0.6) is 0 Å². The summed E-state index contributed by atoms with van der Waals surface area (Å²) < 4.78 is 0. The summed E-state index contributed by atoms with van der Waals surface area (Å²) in [6.45, 7) is 8.47. The summed E-state index contributed by atoms with van der Waals surface area (Å²) in [6, 6.07) is 2.56. The molecule has 2 rings (SSSR count). The molecule has 0 bridgehead atoms. The Kier molecular flexibility index (Phi) is 8.39. The van der Waals surface area contributed by atoms with Crippen LogP contribution in [0.25, 0.3) is 0 Å². The summed E-state index contributed by atoms with van der Waals surface area (Å²) >= 11 is 0. The highest BCUT2D eigenvalue weighted by Crippen LogP contribution is 2.32.